The third kappa shape index (κ3) is 5.04. The third-order valence-corrected chi connectivity index (χ3v) is 4.23. The van der Waals surface area contributed by atoms with Crippen molar-refractivity contribution in [1.29, 1.82) is 0 Å². The largest absolute Gasteiger partial charge is 0.355 e. The van der Waals surface area contributed by atoms with Crippen LogP contribution in [0.5, 0.6) is 0 Å². The Labute approximate surface area is 156 Å². The molecule has 8 nitrogen and oxygen atoms in total. The van der Waals surface area contributed by atoms with Crippen LogP contribution >= 0.6 is 24.0 Å². The highest BCUT2D eigenvalue weighted by Gasteiger charge is 2.32. The van der Waals surface area contributed by atoms with E-state index in [4.69, 9.17) is 17.3 Å². The molecule has 1 saturated heterocycles. The first-order chi connectivity index (χ1) is 11.5. The van der Waals surface area contributed by atoms with Crippen LogP contribution in [-0.4, -0.2) is 47.8 Å². The van der Waals surface area contributed by atoms with Crippen LogP contribution in [0, 0.1) is 16.0 Å². The van der Waals surface area contributed by atoms with Crippen molar-refractivity contribution in [1.82, 2.24) is 10.2 Å². The normalized spacial score (nSPS) is 16.7. The van der Waals surface area contributed by atoms with Crippen LogP contribution in [0.1, 0.15) is 23.2 Å². The van der Waals surface area contributed by atoms with Crippen molar-refractivity contribution in [2.75, 3.05) is 26.2 Å². The monoisotopic (exact) mass is 390 g/mol. The Morgan fingerprint density at radius 2 is 2.16 bits per heavy atom. The van der Waals surface area contributed by atoms with E-state index in [0.717, 1.165) is 0 Å². The van der Waals surface area contributed by atoms with Gasteiger partial charge in [-0.3, -0.25) is 19.7 Å². The molecule has 10 heteroatoms. The fourth-order valence-electron chi connectivity index (χ4n) is 2.76. The molecule has 2 amide bonds. The summed E-state index contributed by atoms with van der Waals surface area (Å²) in [5, 5.41) is 13.8. The summed E-state index contributed by atoms with van der Waals surface area (Å²) in [7, 11) is 0. The first-order valence-electron chi connectivity index (χ1n) is 7.65. The number of nitro benzene ring substituents is 1. The average Bonchev–Trinajstić information content (AvgIpc) is 2.58. The molecule has 25 heavy (non-hydrogen) atoms. The van der Waals surface area contributed by atoms with Crippen LogP contribution in [0.3, 0.4) is 0 Å². The number of likely N-dealkylation sites (tertiary alicyclic amines) is 1. The molecule has 1 fully saturated rings. The van der Waals surface area contributed by atoms with Gasteiger partial charge >= 0.3 is 5.69 Å². The van der Waals surface area contributed by atoms with E-state index >= 15 is 0 Å². The lowest BCUT2D eigenvalue weighted by molar-refractivity contribution is -0.385. The molecule has 1 atom stereocenters. The molecule has 1 aliphatic heterocycles. The Kier molecular flexibility index (Phi) is 8.08. The first kappa shape index (κ1) is 21.1. The summed E-state index contributed by atoms with van der Waals surface area (Å²) in [6.07, 6.45) is 1.32. The van der Waals surface area contributed by atoms with E-state index in [1.807, 2.05) is 0 Å². The van der Waals surface area contributed by atoms with Crippen LogP contribution in [0.4, 0.5) is 5.69 Å². The summed E-state index contributed by atoms with van der Waals surface area (Å²) in [6, 6.07) is 4.25. The minimum absolute atomic E-state index is 0. The van der Waals surface area contributed by atoms with Crippen LogP contribution in [0.15, 0.2) is 18.2 Å². The van der Waals surface area contributed by atoms with Gasteiger partial charge in [0.05, 0.1) is 10.8 Å². The van der Waals surface area contributed by atoms with Gasteiger partial charge in [-0.2, -0.15) is 0 Å². The number of nitro groups is 1. The Bertz CT molecular complexity index is 656. The molecule has 1 aromatic rings. The van der Waals surface area contributed by atoms with Gasteiger partial charge in [0.25, 0.3) is 5.91 Å². The second-order valence-electron chi connectivity index (χ2n) is 5.56. The summed E-state index contributed by atoms with van der Waals surface area (Å²) < 4.78 is 0. The van der Waals surface area contributed by atoms with Crippen molar-refractivity contribution in [3.8, 4) is 0 Å². The molecule has 2 rings (SSSR count). The van der Waals surface area contributed by atoms with Crippen LogP contribution in [-0.2, 0) is 4.79 Å². The molecule has 0 saturated carbocycles. The van der Waals surface area contributed by atoms with E-state index in [1.165, 1.54) is 23.1 Å². The SMILES string of the molecule is Cl.NCCNC(=O)C1CCCN(C(=O)c2cccc(Cl)c2[N+](=O)[O-])C1. The van der Waals surface area contributed by atoms with Crippen molar-refractivity contribution in [3.63, 3.8) is 0 Å². The summed E-state index contributed by atoms with van der Waals surface area (Å²) >= 11 is 5.86. The number of para-hydroxylation sites is 1. The quantitative estimate of drug-likeness (QED) is 0.584. The predicted molar refractivity (Wildman–Crippen MR) is 96.0 cm³/mol. The van der Waals surface area contributed by atoms with E-state index in [2.05, 4.69) is 5.32 Å². The number of amides is 2. The zero-order valence-corrected chi connectivity index (χ0v) is 15.0. The van der Waals surface area contributed by atoms with Crippen LogP contribution < -0.4 is 11.1 Å². The van der Waals surface area contributed by atoms with Gasteiger partial charge < -0.3 is 16.0 Å². The third-order valence-electron chi connectivity index (χ3n) is 3.92. The number of benzene rings is 1. The molecule has 1 unspecified atom stereocenters. The molecule has 1 aromatic carbocycles. The fourth-order valence-corrected chi connectivity index (χ4v) is 3.00. The van der Waals surface area contributed by atoms with E-state index in [9.17, 15) is 19.7 Å². The Hall–Kier alpha value is -1.90. The zero-order valence-electron chi connectivity index (χ0n) is 13.4. The maximum atomic E-state index is 12.7. The lowest BCUT2D eigenvalue weighted by atomic mass is 9.96. The lowest BCUT2D eigenvalue weighted by Crippen LogP contribution is -2.46. The molecule has 138 valence electrons. The van der Waals surface area contributed by atoms with Crippen LogP contribution in [0.2, 0.25) is 5.02 Å². The highest BCUT2D eigenvalue weighted by molar-refractivity contribution is 6.33. The number of hydrogen-bond acceptors (Lipinski definition) is 5. The highest BCUT2D eigenvalue weighted by atomic mass is 35.5. The van der Waals surface area contributed by atoms with Gasteiger partial charge in [-0.05, 0) is 25.0 Å². The second kappa shape index (κ2) is 9.55. The van der Waals surface area contributed by atoms with Gasteiger partial charge in [-0.15, -0.1) is 12.4 Å². The summed E-state index contributed by atoms with van der Waals surface area (Å²) in [5.41, 5.74) is 4.90. The van der Waals surface area contributed by atoms with Crippen molar-refractivity contribution in [2.24, 2.45) is 11.7 Å². The van der Waals surface area contributed by atoms with Crippen molar-refractivity contribution in [3.05, 3.63) is 38.9 Å². The number of nitrogens with one attached hydrogen (secondary N) is 1. The van der Waals surface area contributed by atoms with Gasteiger partial charge in [-0.1, -0.05) is 17.7 Å². The first-order valence-corrected chi connectivity index (χ1v) is 8.03. The number of piperidine rings is 1. The van der Waals surface area contributed by atoms with Gasteiger partial charge in [0.15, 0.2) is 0 Å². The average molecular weight is 391 g/mol. The zero-order chi connectivity index (χ0) is 17.7. The molecule has 0 radical (unpaired) electrons. The van der Waals surface area contributed by atoms with Crippen molar-refractivity contribution >= 4 is 41.5 Å². The topological polar surface area (TPSA) is 119 Å². The van der Waals surface area contributed by atoms with Crippen molar-refractivity contribution < 1.29 is 14.5 Å². The van der Waals surface area contributed by atoms with Gasteiger partial charge in [-0.25, -0.2) is 0 Å². The van der Waals surface area contributed by atoms with Gasteiger partial charge in [0, 0.05) is 26.2 Å². The maximum absolute atomic E-state index is 12.7. The standard InChI is InChI=1S/C15H19ClN4O4.ClH/c16-12-5-1-4-11(13(12)20(23)24)15(22)19-8-2-3-10(9-19)14(21)18-7-6-17;/h1,4-5,10H,2-3,6-9,17H2,(H,18,21);1H. The number of nitrogens with zero attached hydrogens (tertiary/aromatic N) is 2. The number of hydrogen-bond donors (Lipinski definition) is 2. The van der Waals surface area contributed by atoms with E-state index in [-0.39, 0.29) is 41.4 Å². The molecule has 1 aliphatic rings. The highest BCUT2D eigenvalue weighted by Crippen LogP contribution is 2.30. The minimum atomic E-state index is -0.662. The molecule has 0 bridgehead atoms. The lowest BCUT2D eigenvalue weighted by Gasteiger charge is -2.32. The number of nitrogens with two attached hydrogens (primary N) is 1. The number of rotatable bonds is 5. The second-order valence-corrected chi connectivity index (χ2v) is 5.97. The predicted octanol–water partition coefficient (Wildman–Crippen LogP) is 1.60. The Balaban J connectivity index is 0.00000312. The Morgan fingerprint density at radius 3 is 2.80 bits per heavy atom. The molecular formula is C15H20Cl2N4O4. The number of carbonyl (C=O) groups is 2. The number of carbonyl (C=O) groups excluding carboxylic acids is 2. The van der Waals surface area contributed by atoms with Crippen molar-refractivity contribution in [2.45, 2.75) is 12.8 Å². The fraction of sp³-hybridized carbons (Fsp3) is 0.467. The maximum Gasteiger partial charge on any atom is 0.300 e. The molecule has 0 aliphatic carbocycles. The van der Waals surface area contributed by atoms with E-state index < -0.39 is 16.5 Å². The van der Waals surface area contributed by atoms with Gasteiger partial charge in [0.2, 0.25) is 5.91 Å². The summed E-state index contributed by atoms with van der Waals surface area (Å²) in [6.45, 7) is 1.39. The molecule has 3 N–H and O–H groups in total. The number of halogens is 2. The summed E-state index contributed by atoms with van der Waals surface area (Å²) in [5.74, 6) is -0.980. The van der Waals surface area contributed by atoms with Gasteiger partial charge in [0.1, 0.15) is 10.6 Å². The minimum Gasteiger partial charge on any atom is -0.355 e. The smallest absolute Gasteiger partial charge is 0.300 e. The van der Waals surface area contributed by atoms with Crippen LogP contribution in [0.25, 0.3) is 0 Å². The molecule has 1 heterocycles. The molecule has 0 spiro atoms. The van der Waals surface area contributed by atoms with E-state index in [1.54, 1.807) is 0 Å². The molecular weight excluding hydrogens is 371 g/mol. The molecule has 0 aromatic heterocycles. The Morgan fingerprint density at radius 1 is 1.44 bits per heavy atom. The van der Waals surface area contributed by atoms with E-state index in [0.29, 0.717) is 32.5 Å². The summed E-state index contributed by atoms with van der Waals surface area (Å²) in [4.78, 5) is 36.7.